The molecule has 1 atom stereocenters. The SMILES string of the molecule is CC1c2ccccc2CN1C(C)(C)C. The van der Waals surface area contributed by atoms with Crippen molar-refractivity contribution in [1.29, 1.82) is 0 Å². The molecule has 1 heteroatoms. The second-order valence-electron chi connectivity index (χ2n) is 5.17. The lowest BCUT2D eigenvalue weighted by Gasteiger charge is -2.35. The third kappa shape index (κ3) is 1.46. The fraction of sp³-hybridized carbons (Fsp3) is 0.538. The Morgan fingerprint density at radius 2 is 1.86 bits per heavy atom. The normalized spacial score (nSPS) is 22.4. The van der Waals surface area contributed by atoms with E-state index in [4.69, 9.17) is 0 Å². The Kier molecular flexibility index (Phi) is 2.15. The van der Waals surface area contributed by atoms with Crippen LogP contribution in [-0.2, 0) is 6.54 Å². The van der Waals surface area contributed by atoms with E-state index in [0.29, 0.717) is 6.04 Å². The molecule has 2 rings (SSSR count). The first kappa shape index (κ1) is 9.72. The van der Waals surface area contributed by atoms with E-state index in [-0.39, 0.29) is 5.54 Å². The molecule has 1 unspecified atom stereocenters. The van der Waals surface area contributed by atoms with Gasteiger partial charge in [0.25, 0.3) is 0 Å². The summed E-state index contributed by atoms with van der Waals surface area (Å²) in [6.07, 6.45) is 0. The Balaban J connectivity index is 2.35. The third-order valence-electron chi connectivity index (χ3n) is 3.18. The molecule has 0 aliphatic carbocycles. The first-order valence-corrected chi connectivity index (χ1v) is 5.34. The van der Waals surface area contributed by atoms with Gasteiger partial charge in [-0.05, 0) is 38.8 Å². The molecular weight excluding hydrogens is 170 g/mol. The van der Waals surface area contributed by atoms with E-state index in [2.05, 4.69) is 56.9 Å². The quantitative estimate of drug-likeness (QED) is 0.605. The van der Waals surface area contributed by atoms with Crippen molar-refractivity contribution >= 4 is 0 Å². The van der Waals surface area contributed by atoms with E-state index >= 15 is 0 Å². The topological polar surface area (TPSA) is 3.24 Å². The summed E-state index contributed by atoms with van der Waals surface area (Å²) in [6.45, 7) is 10.3. The van der Waals surface area contributed by atoms with Crippen LogP contribution < -0.4 is 0 Å². The summed E-state index contributed by atoms with van der Waals surface area (Å²) in [6, 6.07) is 9.34. The van der Waals surface area contributed by atoms with Crippen molar-refractivity contribution in [1.82, 2.24) is 4.90 Å². The van der Waals surface area contributed by atoms with Crippen LogP contribution in [0.4, 0.5) is 0 Å². The molecule has 0 N–H and O–H groups in total. The second-order valence-corrected chi connectivity index (χ2v) is 5.17. The minimum Gasteiger partial charge on any atom is -0.287 e. The van der Waals surface area contributed by atoms with Gasteiger partial charge in [0.1, 0.15) is 0 Å². The van der Waals surface area contributed by atoms with Crippen LogP contribution in [0, 0.1) is 0 Å². The maximum Gasteiger partial charge on any atom is 0.0331 e. The first-order valence-electron chi connectivity index (χ1n) is 5.34. The largest absolute Gasteiger partial charge is 0.287 e. The maximum atomic E-state index is 2.55. The van der Waals surface area contributed by atoms with Crippen molar-refractivity contribution in [2.24, 2.45) is 0 Å². The van der Waals surface area contributed by atoms with Crippen molar-refractivity contribution in [3.8, 4) is 0 Å². The second kappa shape index (κ2) is 3.09. The molecule has 0 bridgehead atoms. The summed E-state index contributed by atoms with van der Waals surface area (Å²) in [7, 11) is 0. The molecule has 14 heavy (non-hydrogen) atoms. The van der Waals surface area contributed by atoms with E-state index in [1.807, 2.05) is 0 Å². The van der Waals surface area contributed by atoms with Crippen LogP contribution in [0.15, 0.2) is 24.3 Å². The number of rotatable bonds is 0. The molecule has 1 aromatic carbocycles. The molecule has 0 aromatic heterocycles. The lowest BCUT2D eigenvalue weighted by Crippen LogP contribution is -2.38. The Labute approximate surface area is 86.7 Å². The Morgan fingerprint density at radius 3 is 2.43 bits per heavy atom. The highest BCUT2D eigenvalue weighted by molar-refractivity contribution is 5.34. The molecule has 1 nitrogen and oxygen atoms in total. The lowest BCUT2D eigenvalue weighted by atomic mass is 10.0. The molecule has 0 spiro atoms. The summed E-state index contributed by atoms with van der Waals surface area (Å²) >= 11 is 0. The molecule has 0 saturated carbocycles. The molecule has 0 saturated heterocycles. The zero-order valence-electron chi connectivity index (χ0n) is 9.54. The molecule has 0 radical (unpaired) electrons. The van der Waals surface area contributed by atoms with Crippen LogP contribution in [-0.4, -0.2) is 10.4 Å². The Hall–Kier alpha value is -0.820. The van der Waals surface area contributed by atoms with Crippen molar-refractivity contribution in [3.63, 3.8) is 0 Å². The van der Waals surface area contributed by atoms with Crippen molar-refractivity contribution < 1.29 is 0 Å². The third-order valence-corrected chi connectivity index (χ3v) is 3.18. The minimum absolute atomic E-state index is 0.262. The minimum atomic E-state index is 0.262. The van der Waals surface area contributed by atoms with Gasteiger partial charge in [-0.25, -0.2) is 0 Å². The highest BCUT2D eigenvalue weighted by Crippen LogP contribution is 2.37. The van der Waals surface area contributed by atoms with Gasteiger partial charge < -0.3 is 0 Å². The predicted octanol–water partition coefficient (Wildman–Crippen LogP) is 3.36. The van der Waals surface area contributed by atoms with Crippen molar-refractivity contribution in [3.05, 3.63) is 35.4 Å². The summed E-state index contributed by atoms with van der Waals surface area (Å²) in [5, 5.41) is 0. The first-order chi connectivity index (χ1) is 6.50. The highest BCUT2D eigenvalue weighted by atomic mass is 15.2. The van der Waals surface area contributed by atoms with E-state index in [9.17, 15) is 0 Å². The van der Waals surface area contributed by atoms with Gasteiger partial charge in [-0.15, -0.1) is 0 Å². The zero-order valence-corrected chi connectivity index (χ0v) is 9.54. The summed E-state index contributed by atoms with van der Waals surface area (Å²) in [5.41, 5.74) is 3.26. The van der Waals surface area contributed by atoms with Crippen LogP contribution in [0.2, 0.25) is 0 Å². The van der Waals surface area contributed by atoms with Gasteiger partial charge in [0.05, 0.1) is 0 Å². The van der Waals surface area contributed by atoms with Crippen LogP contribution in [0.25, 0.3) is 0 Å². The van der Waals surface area contributed by atoms with Crippen LogP contribution in [0.3, 0.4) is 0 Å². The standard InChI is InChI=1S/C13H19N/c1-10-12-8-6-5-7-11(12)9-14(10)13(2,3)4/h5-8,10H,9H2,1-4H3. The number of hydrogen-bond donors (Lipinski definition) is 0. The van der Waals surface area contributed by atoms with Crippen molar-refractivity contribution in [2.45, 2.75) is 45.8 Å². The molecule has 1 heterocycles. The van der Waals surface area contributed by atoms with Crippen molar-refractivity contribution in [2.75, 3.05) is 0 Å². The molecule has 0 amide bonds. The predicted molar refractivity (Wildman–Crippen MR) is 60.2 cm³/mol. The summed E-state index contributed by atoms with van der Waals surface area (Å²) in [4.78, 5) is 2.55. The van der Waals surface area contributed by atoms with E-state index in [1.54, 1.807) is 0 Å². The molecule has 1 aliphatic rings. The van der Waals surface area contributed by atoms with E-state index in [1.165, 1.54) is 11.1 Å². The zero-order chi connectivity index (χ0) is 10.3. The van der Waals surface area contributed by atoms with Crippen LogP contribution in [0.5, 0.6) is 0 Å². The van der Waals surface area contributed by atoms with Crippen LogP contribution >= 0.6 is 0 Å². The summed E-state index contributed by atoms with van der Waals surface area (Å²) < 4.78 is 0. The molecule has 0 fully saturated rings. The number of fused-ring (bicyclic) bond motifs is 1. The average Bonchev–Trinajstić information content (AvgIpc) is 2.44. The molecule has 76 valence electrons. The van der Waals surface area contributed by atoms with Gasteiger partial charge in [0.15, 0.2) is 0 Å². The maximum absolute atomic E-state index is 2.55. The van der Waals surface area contributed by atoms with Crippen LogP contribution in [0.1, 0.15) is 44.9 Å². The summed E-state index contributed by atoms with van der Waals surface area (Å²) in [5.74, 6) is 0. The van der Waals surface area contributed by atoms with Gasteiger partial charge in [0.2, 0.25) is 0 Å². The fourth-order valence-electron chi connectivity index (χ4n) is 2.39. The number of benzene rings is 1. The molecule has 1 aliphatic heterocycles. The molecule has 1 aromatic rings. The number of nitrogens with zero attached hydrogens (tertiary/aromatic N) is 1. The van der Waals surface area contributed by atoms with E-state index in [0.717, 1.165) is 6.54 Å². The number of hydrogen-bond acceptors (Lipinski definition) is 1. The Bertz CT molecular complexity index is 335. The van der Waals surface area contributed by atoms with E-state index < -0.39 is 0 Å². The highest BCUT2D eigenvalue weighted by Gasteiger charge is 2.33. The molecular formula is C13H19N. The fourth-order valence-corrected chi connectivity index (χ4v) is 2.39. The average molecular weight is 189 g/mol. The van der Waals surface area contributed by atoms with Gasteiger partial charge in [-0.1, -0.05) is 24.3 Å². The van der Waals surface area contributed by atoms with Gasteiger partial charge >= 0.3 is 0 Å². The lowest BCUT2D eigenvalue weighted by molar-refractivity contribution is 0.100. The van der Waals surface area contributed by atoms with Gasteiger partial charge in [-0.2, -0.15) is 0 Å². The van der Waals surface area contributed by atoms with Gasteiger partial charge in [-0.3, -0.25) is 4.90 Å². The monoisotopic (exact) mass is 189 g/mol. The smallest absolute Gasteiger partial charge is 0.0331 e. The Morgan fingerprint density at radius 1 is 1.21 bits per heavy atom. The van der Waals surface area contributed by atoms with Gasteiger partial charge in [0, 0.05) is 18.1 Å².